The molecule has 0 atom stereocenters. The molecule has 0 bridgehead atoms. The molecule has 294 valence electrons. The maximum atomic E-state index is 2.48. The number of fused-ring (bicyclic) bond motifs is 13. The van der Waals surface area contributed by atoms with Crippen LogP contribution in [0.3, 0.4) is 0 Å². The Labute approximate surface area is 367 Å². The minimum atomic E-state index is -0.432. The lowest BCUT2D eigenvalue weighted by atomic mass is 9.70. The summed E-state index contributed by atoms with van der Waals surface area (Å²) in [7, 11) is 0. The fraction of sp³-hybridized carbons (Fsp3) is 0.0164. The molecule has 0 N–H and O–H groups in total. The van der Waals surface area contributed by atoms with Crippen molar-refractivity contribution in [3.8, 4) is 50.2 Å². The first-order valence-electron chi connectivity index (χ1n) is 21.8. The third kappa shape index (κ3) is 5.19. The highest BCUT2D eigenvalue weighted by molar-refractivity contribution is 6.10. The van der Waals surface area contributed by atoms with E-state index >= 15 is 0 Å². The largest absolute Gasteiger partial charge is 0.310 e. The molecule has 0 saturated heterocycles. The fourth-order valence-corrected chi connectivity index (χ4v) is 11.0. The predicted molar refractivity (Wildman–Crippen MR) is 263 cm³/mol. The SMILES string of the molecule is c1ccc(-c2cccc(N(c3ccc(-c4ccc5c(c4)c4ccccc4n5-c4ccccc4)cc3)c3cccc4c3-c3ccccc3C43c4ccccc4-c4ccccc43)c2)cc1. The van der Waals surface area contributed by atoms with Crippen LogP contribution in [0.15, 0.2) is 243 Å². The third-order valence-electron chi connectivity index (χ3n) is 13.6. The number of hydrogen-bond donors (Lipinski definition) is 0. The summed E-state index contributed by atoms with van der Waals surface area (Å²) in [6.07, 6.45) is 0. The normalized spacial score (nSPS) is 12.9. The van der Waals surface area contributed by atoms with Crippen LogP contribution in [0.25, 0.3) is 72.0 Å². The van der Waals surface area contributed by atoms with Gasteiger partial charge >= 0.3 is 0 Å². The third-order valence-corrected chi connectivity index (χ3v) is 13.6. The Morgan fingerprint density at radius 1 is 0.317 bits per heavy atom. The zero-order valence-electron chi connectivity index (χ0n) is 34.5. The Kier molecular flexibility index (Phi) is 7.85. The quantitative estimate of drug-likeness (QED) is 0.163. The van der Waals surface area contributed by atoms with E-state index in [1.54, 1.807) is 0 Å². The van der Waals surface area contributed by atoms with Gasteiger partial charge in [-0.2, -0.15) is 0 Å². The lowest BCUT2D eigenvalue weighted by molar-refractivity contribution is 0.794. The van der Waals surface area contributed by atoms with Crippen LogP contribution in [0.1, 0.15) is 22.3 Å². The van der Waals surface area contributed by atoms with E-state index in [-0.39, 0.29) is 0 Å². The van der Waals surface area contributed by atoms with E-state index in [0.717, 1.165) is 17.1 Å². The molecule has 0 radical (unpaired) electrons. The second-order valence-electron chi connectivity index (χ2n) is 16.8. The Bertz CT molecular complexity index is 3520. The molecule has 0 aliphatic heterocycles. The molecule has 2 aliphatic rings. The molecule has 13 rings (SSSR count). The van der Waals surface area contributed by atoms with Gasteiger partial charge < -0.3 is 9.47 Å². The number of anilines is 3. The topological polar surface area (TPSA) is 8.17 Å². The van der Waals surface area contributed by atoms with Gasteiger partial charge in [0.25, 0.3) is 0 Å². The molecule has 0 unspecified atom stereocenters. The van der Waals surface area contributed by atoms with Crippen LogP contribution in [0.2, 0.25) is 0 Å². The van der Waals surface area contributed by atoms with Gasteiger partial charge in [0.2, 0.25) is 0 Å². The summed E-state index contributed by atoms with van der Waals surface area (Å²) in [5, 5.41) is 2.50. The molecular weight excluding hydrogens is 761 g/mol. The Hall–Kier alpha value is -8.20. The molecule has 0 saturated carbocycles. The average molecular weight is 801 g/mol. The summed E-state index contributed by atoms with van der Waals surface area (Å²) in [5.74, 6) is 0. The first-order chi connectivity index (χ1) is 31.3. The maximum absolute atomic E-state index is 2.48. The number of benzene rings is 10. The molecule has 11 aromatic rings. The lowest BCUT2D eigenvalue weighted by Gasteiger charge is -2.32. The number of para-hydroxylation sites is 2. The van der Waals surface area contributed by atoms with E-state index in [2.05, 4.69) is 252 Å². The van der Waals surface area contributed by atoms with E-state index in [1.807, 2.05) is 0 Å². The number of aromatic nitrogens is 1. The minimum Gasteiger partial charge on any atom is -0.310 e. The summed E-state index contributed by atoms with van der Waals surface area (Å²) in [6, 6.07) is 89.4. The van der Waals surface area contributed by atoms with Crippen LogP contribution in [-0.4, -0.2) is 4.57 Å². The maximum Gasteiger partial charge on any atom is 0.0726 e. The molecule has 2 aliphatic carbocycles. The lowest BCUT2D eigenvalue weighted by Crippen LogP contribution is -2.26. The highest BCUT2D eigenvalue weighted by Gasteiger charge is 2.52. The van der Waals surface area contributed by atoms with Gasteiger partial charge in [-0.25, -0.2) is 0 Å². The standard InChI is InChI=1S/C61H40N2/c1-3-17-41(18-4-1)43-19-15-22-47(39-43)62(46-36-33-42(34-37-46)44-35-38-58-52(40-44)50-25-10-14-31-57(50)63(58)45-20-5-2-6-21-45)59-32-16-30-56-60(59)51-26-9-13-29-55(51)61(56)53-27-11-7-23-48(53)49-24-8-12-28-54(49)61/h1-40H. The molecule has 0 amide bonds. The monoisotopic (exact) mass is 800 g/mol. The van der Waals surface area contributed by atoms with E-state index < -0.39 is 5.41 Å². The zero-order valence-corrected chi connectivity index (χ0v) is 34.5. The van der Waals surface area contributed by atoms with Crippen molar-refractivity contribution in [2.45, 2.75) is 5.41 Å². The first-order valence-corrected chi connectivity index (χ1v) is 21.8. The summed E-state index contributed by atoms with van der Waals surface area (Å²) in [5.41, 5.74) is 21.8. The highest BCUT2D eigenvalue weighted by Crippen LogP contribution is 2.64. The zero-order chi connectivity index (χ0) is 41.5. The number of hydrogen-bond acceptors (Lipinski definition) is 1. The second kappa shape index (κ2) is 13.9. The summed E-state index contributed by atoms with van der Waals surface area (Å²) >= 11 is 0. The molecule has 0 fully saturated rings. The van der Waals surface area contributed by atoms with Crippen LogP contribution in [0.5, 0.6) is 0 Å². The van der Waals surface area contributed by atoms with Gasteiger partial charge in [0, 0.05) is 33.4 Å². The van der Waals surface area contributed by atoms with Crippen molar-refractivity contribution >= 4 is 38.9 Å². The van der Waals surface area contributed by atoms with E-state index in [4.69, 9.17) is 0 Å². The molecular formula is C61H40N2. The van der Waals surface area contributed by atoms with Gasteiger partial charge in [0.15, 0.2) is 0 Å². The molecule has 2 nitrogen and oxygen atoms in total. The number of nitrogens with zero attached hydrogens (tertiary/aromatic N) is 2. The minimum absolute atomic E-state index is 0.432. The van der Waals surface area contributed by atoms with Gasteiger partial charge in [-0.1, -0.05) is 182 Å². The van der Waals surface area contributed by atoms with Crippen molar-refractivity contribution in [2.24, 2.45) is 0 Å². The molecule has 1 spiro atoms. The Balaban J connectivity index is 1.00. The van der Waals surface area contributed by atoms with Crippen molar-refractivity contribution in [1.29, 1.82) is 0 Å². The van der Waals surface area contributed by atoms with Crippen LogP contribution in [0, 0.1) is 0 Å². The molecule has 63 heavy (non-hydrogen) atoms. The van der Waals surface area contributed by atoms with Crippen molar-refractivity contribution in [1.82, 2.24) is 4.57 Å². The van der Waals surface area contributed by atoms with Crippen molar-refractivity contribution in [2.75, 3.05) is 4.90 Å². The fourth-order valence-electron chi connectivity index (χ4n) is 11.0. The van der Waals surface area contributed by atoms with Crippen LogP contribution in [0.4, 0.5) is 17.1 Å². The van der Waals surface area contributed by atoms with Crippen LogP contribution in [-0.2, 0) is 5.41 Å². The average Bonchev–Trinajstić information content (AvgIpc) is 3.97. The van der Waals surface area contributed by atoms with Crippen molar-refractivity contribution in [3.63, 3.8) is 0 Å². The summed E-state index contributed by atoms with van der Waals surface area (Å²) < 4.78 is 2.38. The molecule has 1 aromatic heterocycles. The second-order valence-corrected chi connectivity index (χ2v) is 16.8. The Morgan fingerprint density at radius 3 is 1.59 bits per heavy atom. The van der Waals surface area contributed by atoms with Crippen LogP contribution < -0.4 is 4.90 Å². The summed E-state index contributed by atoms with van der Waals surface area (Å²) in [4.78, 5) is 2.48. The molecule has 10 aromatic carbocycles. The van der Waals surface area contributed by atoms with Gasteiger partial charge in [-0.3, -0.25) is 0 Å². The van der Waals surface area contributed by atoms with Gasteiger partial charge in [-0.15, -0.1) is 0 Å². The van der Waals surface area contributed by atoms with E-state index in [9.17, 15) is 0 Å². The van der Waals surface area contributed by atoms with E-state index in [0.29, 0.717) is 0 Å². The van der Waals surface area contributed by atoms with Gasteiger partial charge in [0.1, 0.15) is 0 Å². The molecule has 1 heterocycles. The van der Waals surface area contributed by atoms with E-state index in [1.165, 1.54) is 94.3 Å². The highest BCUT2D eigenvalue weighted by atomic mass is 15.1. The summed E-state index contributed by atoms with van der Waals surface area (Å²) in [6.45, 7) is 0. The van der Waals surface area contributed by atoms with Gasteiger partial charge in [-0.05, 0) is 122 Å². The van der Waals surface area contributed by atoms with Crippen molar-refractivity contribution < 1.29 is 0 Å². The van der Waals surface area contributed by atoms with Crippen LogP contribution >= 0.6 is 0 Å². The first kappa shape index (κ1) is 35.5. The van der Waals surface area contributed by atoms with Gasteiger partial charge in [0.05, 0.1) is 22.1 Å². The molecule has 2 heteroatoms. The number of rotatable bonds is 6. The predicted octanol–water partition coefficient (Wildman–Crippen LogP) is 15.9. The smallest absolute Gasteiger partial charge is 0.0726 e. The van der Waals surface area contributed by atoms with Crippen molar-refractivity contribution in [3.05, 3.63) is 265 Å². The Morgan fingerprint density at radius 2 is 0.841 bits per heavy atom.